The predicted octanol–water partition coefficient (Wildman–Crippen LogP) is 3.32. The Morgan fingerprint density at radius 1 is 1.07 bits per heavy atom. The Hall–Kier alpha value is -0.820. The molecule has 0 heterocycles. The minimum atomic E-state index is -0.124. The van der Waals surface area contributed by atoms with E-state index in [1.54, 1.807) is 0 Å². The topological polar surface area (TPSA) is 20.2 Å². The fraction of sp³-hybridized carbons (Fsp3) is 0.571. The quantitative estimate of drug-likeness (QED) is 0.744. The zero-order valence-corrected chi connectivity index (χ0v) is 9.66. The molecule has 0 amide bonds. The van der Waals surface area contributed by atoms with E-state index in [-0.39, 0.29) is 6.10 Å². The van der Waals surface area contributed by atoms with Gasteiger partial charge in [0, 0.05) is 5.92 Å². The van der Waals surface area contributed by atoms with Crippen molar-refractivity contribution < 1.29 is 5.11 Å². The molecule has 0 spiro atoms. The molecule has 1 heteroatoms. The van der Waals surface area contributed by atoms with Gasteiger partial charge >= 0.3 is 0 Å². The van der Waals surface area contributed by atoms with Crippen LogP contribution in [0.15, 0.2) is 18.2 Å². The van der Waals surface area contributed by atoms with Crippen LogP contribution in [-0.2, 0) is 0 Å². The number of aliphatic hydroxyl groups excluding tert-OH is 1. The Morgan fingerprint density at radius 2 is 1.80 bits per heavy atom. The molecule has 0 aliphatic heterocycles. The average Bonchev–Trinajstić information content (AvgIpc) is 2.23. The summed E-state index contributed by atoms with van der Waals surface area (Å²) in [7, 11) is 0. The molecule has 1 fully saturated rings. The minimum absolute atomic E-state index is 0.124. The van der Waals surface area contributed by atoms with Crippen LogP contribution in [0.5, 0.6) is 0 Å². The lowest BCUT2D eigenvalue weighted by molar-refractivity contribution is 0.106. The van der Waals surface area contributed by atoms with Crippen LogP contribution in [0.4, 0.5) is 0 Å². The molecule has 1 nitrogen and oxygen atoms in total. The lowest BCUT2D eigenvalue weighted by Crippen LogP contribution is -2.22. The number of aryl methyl sites for hydroxylation is 2. The summed E-state index contributed by atoms with van der Waals surface area (Å²) < 4.78 is 0. The van der Waals surface area contributed by atoms with Gasteiger partial charge in [0.2, 0.25) is 0 Å². The van der Waals surface area contributed by atoms with E-state index in [4.69, 9.17) is 0 Å². The van der Waals surface area contributed by atoms with Crippen molar-refractivity contribution in [2.75, 3.05) is 0 Å². The van der Waals surface area contributed by atoms with Crippen molar-refractivity contribution in [3.63, 3.8) is 0 Å². The molecular formula is C14H20O. The molecule has 15 heavy (non-hydrogen) atoms. The Labute approximate surface area is 92.1 Å². The van der Waals surface area contributed by atoms with E-state index in [1.165, 1.54) is 29.5 Å². The summed E-state index contributed by atoms with van der Waals surface area (Å²) in [6.07, 6.45) is 4.43. The van der Waals surface area contributed by atoms with Crippen LogP contribution >= 0.6 is 0 Å². The molecule has 0 radical (unpaired) electrons. The Morgan fingerprint density at radius 3 is 2.47 bits per heavy atom. The van der Waals surface area contributed by atoms with Gasteiger partial charge in [-0.3, -0.25) is 0 Å². The third-order valence-corrected chi connectivity index (χ3v) is 3.69. The van der Waals surface area contributed by atoms with Gasteiger partial charge in [0.05, 0.1) is 6.10 Å². The summed E-state index contributed by atoms with van der Waals surface area (Å²) in [4.78, 5) is 0. The fourth-order valence-corrected chi connectivity index (χ4v) is 2.50. The first-order valence-electron chi connectivity index (χ1n) is 5.93. The summed E-state index contributed by atoms with van der Waals surface area (Å²) >= 11 is 0. The summed E-state index contributed by atoms with van der Waals surface area (Å²) in [5.74, 6) is 0.373. The summed E-state index contributed by atoms with van der Waals surface area (Å²) in [5.41, 5.74) is 4.00. The van der Waals surface area contributed by atoms with E-state index in [9.17, 15) is 5.11 Å². The second kappa shape index (κ2) is 4.36. The SMILES string of the molecule is Cc1ccc([C@@H]2CCCC[C@@H]2O)cc1C. The normalized spacial score (nSPS) is 26.6. The van der Waals surface area contributed by atoms with E-state index in [0.717, 1.165) is 12.8 Å². The monoisotopic (exact) mass is 204 g/mol. The Kier molecular flexibility index (Phi) is 3.11. The second-order valence-corrected chi connectivity index (χ2v) is 4.80. The van der Waals surface area contributed by atoms with Gasteiger partial charge in [-0.15, -0.1) is 0 Å². The standard InChI is InChI=1S/C14H20O/c1-10-7-8-12(9-11(10)2)13-5-3-4-6-14(13)15/h7-9,13-15H,3-6H2,1-2H3/t13-,14-/m0/s1. The van der Waals surface area contributed by atoms with Crippen molar-refractivity contribution in [1.82, 2.24) is 0 Å². The van der Waals surface area contributed by atoms with Crippen molar-refractivity contribution in [3.05, 3.63) is 34.9 Å². The molecule has 1 saturated carbocycles. The van der Waals surface area contributed by atoms with Crippen LogP contribution in [0.1, 0.15) is 48.3 Å². The van der Waals surface area contributed by atoms with E-state index in [2.05, 4.69) is 32.0 Å². The van der Waals surface area contributed by atoms with Gasteiger partial charge in [0.1, 0.15) is 0 Å². The van der Waals surface area contributed by atoms with Gasteiger partial charge < -0.3 is 5.11 Å². The van der Waals surface area contributed by atoms with Crippen molar-refractivity contribution in [1.29, 1.82) is 0 Å². The average molecular weight is 204 g/mol. The largest absolute Gasteiger partial charge is 0.392 e. The Bertz CT molecular complexity index is 343. The summed E-state index contributed by atoms with van der Waals surface area (Å²) in [6.45, 7) is 4.28. The highest BCUT2D eigenvalue weighted by atomic mass is 16.3. The fourth-order valence-electron chi connectivity index (χ4n) is 2.50. The minimum Gasteiger partial charge on any atom is -0.392 e. The highest BCUT2D eigenvalue weighted by Crippen LogP contribution is 2.33. The van der Waals surface area contributed by atoms with Crippen molar-refractivity contribution in [2.45, 2.75) is 51.6 Å². The highest BCUT2D eigenvalue weighted by Gasteiger charge is 2.24. The predicted molar refractivity (Wildman–Crippen MR) is 63.1 cm³/mol. The molecule has 1 aliphatic carbocycles. The molecule has 82 valence electrons. The molecular weight excluding hydrogens is 184 g/mol. The highest BCUT2D eigenvalue weighted by molar-refractivity contribution is 5.32. The first kappa shape index (κ1) is 10.7. The van der Waals surface area contributed by atoms with E-state index < -0.39 is 0 Å². The smallest absolute Gasteiger partial charge is 0.0608 e. The maximum atomic E-state index is 9.98. The maximum absolute atomic E-state index is 9.98. The van der Waals surface area contributed by atoms with E-state index >= 15 is 0 Å². The van der Waals surface area contributed by atoms with Crippen LogP contribution in [0.3, 0.4) is 0 Å². The molecule has 2 rings (SSSR count). The number of benzene rings is 1. The number of hydrogen-bond acceptors (Lipinski definition) is 1. The number of rotatable bonds is 1. The molecule has 2 atom stereocenters. The first-order valence-corrected chi connectivity index (χ1v) is 5.93. The molecule has 1 aromatic carbocycles. The number of hydrogen-bond donors (Lipinski definition) is 1. The maximum Gasteiger partial charge on any atom is 0.0608 e. The van der Waals surface area contributed by atoms with Gasteiger partial charge in [-0.25, -0.2) is 0 Å². The molecule has 0 saturated heterocycles. The van der Waals surface area contributed by atoms with Gasteiger partial charge in [0.15, 0.2) is 0 Å². The van der Waals surface area contributed by atoms with Gasteiger partial charge in [-0.2, -0.15) is 0 Å². The van der Waals surface area contributed by atoms with Crippen LogP contribution < -0.4 is 0 Å². The van der Waals surface area contributed by atoms with E-state index in [0.29, 0.717) is 5.92 Å². The zero-order valence-electron chi connectivity index (χ0n) is 9.66. The van der Waals surface area contributed by atoms with Crippen molar-refractivity contribution in [2.24, 2.45) is 0 Å². The third-order valence-electron chi connectivity index (χ3n) is 3.69. The third kappa shape index (κ3) is 2.23. The van der Waals surface area contributed by atoms with Crippen molar-refractivity contribution in [3.8, 4) is 0 Å². The molecule has 0 bridgehead atoms. The lowest BCUT2D eigenvalue weighted by Gasteiger charge is -2.28. The first-order chi connectivity index (χ1) is 7.18. The second-order valence-electron chi connectivity index (χ2n) is 4.80. The van der Waals surface area contributed by atoms with Crippen LogP contribution in [-0.4, -0.2) is 11.2 Å². The van der Waals surface area contributed by atoms with Crippen LogP contribution in [0.25, 0.3) is 0 Å². The molecule has 1 N–H and O–H groups in total. The number of aliphatic hydroxyl groups is 1. The summed E-state index contributed by atoms with van der Waals surface area (Å²) in [5, 5.41) is 9.98. The van der Waals surface area contributed by atoms with Gasteiger partial charge in [0.25, 0.3) is 0 Å². The molecule has 0 aromatic heterocycles. The Balaban J connectivity index is 2.24. The zero-order chi connectivity index (χ0) is 10.8. The lowest BCUT2D eigenvalue weighted by atomic mass is 9.81. The van der Waals surface area contributed by atoms with Crippen LogP contribution in [0, 0.1) is 13.8 Å². The van der Waals surface area contributed by atoms with Crippen molar-refractivity contribution >= 4 is 0 Å². The van der Waals surface area contributed by atoms with Gasteiger partial charge in [-0.1, -0.05) is 31.0 Å². The van der Waals surface area contributed by atoms with Gasteiger partial charge in [-0.05, 0) is 43.4 Å². The summed E-state index contributed by atoms with van der Waals surface area (Å²) in [6, 6.07) is 6.60. The van der Waals surface area contributed by atoms with E-state index in [1.807, 2.05) is 0 Å². The molecule has 1 aromatic rings. The molecule has 0 unspecified atom stereocenters. The van der Waals surface area contributed by atoms with Crippen LogP contribution in [0.2, 0.25) is 0 Å². The molecule has 1 aliphatic rings.